The number of aliphatic hydroxyl groups excluding tert-OH is 1. The molecule has 0 unspecified atom stereocenters. The molecule has 6 heteroatoms. The van der Waals surface area contributed by atoms with Crippen LogP contribution in [0.3, 0.4) is 0 Å². The van der Waals surface area contributed by atoms with Crippen LogP contribution in [-0.4, -0.2) is 34.0 Å². The minimum atomic E-state index is -0.183. The zero-order valence-corrected chi connectivity index (χ0v) is 16.3. The molecule has 0 aliphatic carbocycles. The van der Waals surface area contributed by atoms with Crippen molar-refractivity contribution in [1.29, 1.82) is 0 Å². The number of nitrogens with zero attached hydrogens (tertiary/aromatic N) is 2. The molecule has 0 aliphatic heterocycles. The minimum absolute atomic E-state index is 0.0868. The molecule has 1 aromatic heterocycles. The van der Waals surface area contributed by atoms with Crippen LogP contribution in [0.25, 0.3) is 0 Å². The van der Waals surface area contributed by atoms with Crippen molar-refractivity contribution in [2.75, 3.05) is 18.5 Å². The second kappa shape index (κ2) is 8.79. The molecule has 140 valence electrons. The predicted molar refractivity (Wildman–Crippen MR) is 110 cm³/mol. The van der Waals surface area contributed by atoms with Crippen molar-refractivity contribution in [3.63, 3.8) is 0 Å². The number of carbonyl (C=O) groups excluding carboxylic acids is 1. The highest BCUT2D eigenvalue weighted by molar-refractivity contribution is 7.14. The van der Waals surface area contributed by atoms with Gasteiger partial charge in [0, 0.05) is 24.2 Å². The Labute approximate surface area is 163 Å². The first-order valence-corrected chi connectivity index (χ1v) is 9.68. The van der Waals surface area contributed by atoms with Crippen molar-refractivity contribution >= 4 is 28.1 Å². The number of aryl methyl sites for hydroxylation is 2. The smallest absolute Gasteiger partial charge is 0.273 e. The Morgan fingerprint density at radius 3 is 2.63 bits per heavy atom. The fraction of sp³-hybridized carbons (Fsp3) is 0.238. The van der Waals surface area contributed by atoms with Gasteiger partial charge in [-0.1, -0.05) is 36.4 Å². The summed E-state index contributed by atoms with van der Waals surface area (Å²) in [5, 5.41) is 15.0. The molecule has 0 radical (unpaired) electrons. The Hall–Kier alpha value is -2.70. The topological polar surface area (TPSA) is 65.5 Å². The van der Waals surface area contributed by atoms with Gasteiger partial charge in [0.15, 0.2) is 5.13 Å². The highest BCUT2D eigenvalue weighted by Crippen LogP contribution is 2.23. The maximum Gasteiger partial charge on any atom is 0.273 e. The fourth-order valence-corrected chi connectivity index (χ4v) is 3.42. The molecule has 0 atom stereocenters. The van der Waals surface area contributed by atoms with Crippen LogP contribution < -0.4 is 5.32 Å². The van der Waals surface area contributed by atoms with Crippen molar-refractivity contribution < 1.29 is 9.90 Å². The average molecular weight is 382 g/mol. The van der Waals surface area contributed by atoms with Gasteiger partial charge >= 0.3 is 0 Å². The Morgan fingerprint density at radius 1 is 1.15 bits per heavy atom. The summed E-state index contributed by atoms with van der Waals surface area (Å²) in [5.74, 6) is -0.183. The van der Waals surface area contributed by atoms with Crippen LogP contribution in [0.2, 0.25) is 0 Å². The number of aliphatic hydroxyl groups is 1. The second-order valence-corrected chi connectivity index (χ2v) is 7.26. The standard InChI is InChI=1S/C21H23N3O2S/c1-15-8-9-18(12-16(15)2)22-21-23-19(14-27-21)20(26)24(10-11-25)13-17-6-4-3-5-7-17/h3-9,12,14,25H,10-11,13H2,1-2H3,(H,22,23). The summed E-state index contributed by atoms with van der Waals surface area (Å²) >= 11 is 1.39. The molecule has 0 saturated heterocycles. The van der Waals surface area contributed by atoms with Crippen LogP contribution >= 0.6 is 11.3 Å². The van der Waals surface area contributed by atoms with E-state index < -0.39 is 0 Å². The van der Waals surface area contributed by atoms with Gasteiger partial charge in [0.05, 0.1) is 6.61 Å². The van der Waals surface area contributed by atoms with Gasteiger partial charge in [-0.2, -0.15) is 0 Å². The number of benzene rings is 2. The van der Waals surface area contributed by atoms with E-state index in [0.717, 1.165) is 11.3 Å². The van der Waals surface area contributed by atoms with Crippen LogP contribution in [0.5, 0.6) is 0 Å². The molecule has 0 aliphatic rings. The largest absolute Gasteiger partial charge is 0.395 e. The summed E-state index contributed by atoms with van der Waals surface area (Å²) in [4.78, 5) is 18.9. The van der Waals surface area contributed by atoms with Crippen molar-refractivity contribution in [3.05, 3.63) is 76.3 Å². The lowest BCUT2D eigenvalue weighted by Gasteiger charge is -2.20. The first-order valence-electron chi connectivity index (χ1n) is 8.80. The predicted octanol–water partition coefficient (Wildman–Crippen LogP) is 4.14. The molecule has 1 amide bonds. The number of carbonyl (C=O) groups is 1. The van der Waals surface area contributed by atoms with Gasteiger partial charge in [-0.15, -0.1) is 11.3 Å². The first kappa shape index (κ1) is 19.1. The van der Waals surface area contributed by atoms with E-state index in [1.807, 2.05) is 36.4 Å². The van der Waals surface area contributed by atoms with Crippen molar-refractivity contribution in [2.45, 2.75) is 20.4 Å². The van der Waals surface area contributed by atoms with E-state index in [0.29, 0.717) is 17.4 Å². The minimum Gasteiger partial charge on any atom is -0.395 e. The molecule has 1 heterocycles. The number of anilines is 2. The number of thiazole rings is 1. The first-order chi connectivity index (χ1) is 13.1. The Balaban J connectivity index is 1.72. The molecule has 3 aromatic rings. The number of amides is 1. The number of hydrogen-bond acceptors (Lipinski definition) is 5. The summed E-state index contributed by atoms with van der Waals surface area (Å²) in [7, 11) is 0. The number of aromatic nitrogens is 1. The molecule has 0 saturated carbocycles. The SMILES string of the molecule is Cc1ccc(Nc2nc(C(=O)N(CCO)Cc3ccccc3)cs2)cc1C. The monoisotopic (exact) mass is 381 g/mol. The lowest BCUT2D eigenvalue weighted by Crippen LogP contribution is -2.33. The molecule has 2 aromatic carbocycles. The third kappa shape index (κ3) is 4.93. The van der Waals surface area contributed by atoms with E-state index in [1.165, 1.54) is 22.5 Å². The van der Waals surface area contributed by atoms with E-state index in [9.17, 15) is 9.90 Å². The van der Waals surface area contributed by atoms with E-state index in [-0.39, 0.29) is 19.1 Å². The maximum absolute atomic E-state index is 12.8. The van der Waals surface area contributed by atoms with Crippen LogP contribution in [0.4, 0.5) is 10.8 Å². The van der Waals surface area contributed by atoms with Gasteiger partial charge in [-0.05, 0) is 42.7 Å². The Kier molecular flexibility index (Phi) is 6.21. The van der Waals surface area contributed by atoms with Crippen LogP contribution in [0.1, 0.15) is 27.2 Å². The number of hydrogen-bond donors (Lipinski definition) is 2. The van der Waals surface area contributed by atoms with E-state index in [4.69, 9.17) is 0 Å². The Bertz CT molecular complexity index is 909. The summed E-state index contributed by atoms with van der Waals surface area (Å²) < 4.78 is 0. The van der Waals surface area contributed by atoms with Gasteiger partial charge in [0.25, 0.3) is 5.91 Å². The van der Waals surface area contributed by atoms with E-state index >= 15 is 0 Å². The molecule has 27 heavy (non-hydrogen) atoms. The Morgan fingerprint density at radius 2 is 1.93 bits per heavy atom. The lowest BCUT2D eigenvalue weighted by atomic mass is 10.1. The summed E-state index contributed by atoms with van der Waals surface area (Å²) in [6, 6.07) is 15.9. The van der Waals surface area contributed by atoms with Crippen LogP contribution in [0, 0.1) is 13.8 Å². The van der Waals surface area contributed by atoms with Crippen molar-refractivity contribution in [2.24, 2.45) is 0 Å². The maximum atomic E-state index is 12.8. The van der Waals surface area contributed by atoms with Gasteiger partial charge in [-0.25, -0.2) is 4.98 Å². The molecule has 0 fully saturated rings. The molecule has 2 N–H and O–H groups in total. The molecular weight excluding hydrogens is 358 g/mol. The van der Waals surface area contributed by atoms with E-state index in [2.05, 4.69) is 36.3 Å². The van der Waals surface area contributed by atoms with Gasteiger partial charge in [0.1, 0.15) is 5.69 Å². The summed E-state index contributed by atoms with van der Waals surface area (Å²) in [5.41, 5.74) is 4.78. The van der Waals surface area contributed by atoms with Crippen molar-refractivity contribution in [1.82, 2.24) is 9.88 Å². The molecule has 0 spiro atoms. The number of rotatable bonds is 7. The summed E-state index contributed by atoms with van der Waals surface area (Å²) in [6.45, 7) is 4.76. The number of nitrogens with one attached hydrogen (secondary N) is 1. The van der Waals surface area contributed by atoms with Gasteiger partial charge < -0.3 is 15.3 Å². The van der Waals surface area contributed by atoms with Crippen molar-refractivity contribution in [3.8, 4) is 0 Å². The summed E-state index contributed by atoms with van der Waals surface area (Å²) in [6.07, 6.45) is 0. The molecule has 5 nitrogen and oxygen atoms in total. The zero-order valence-electron chi connectivity index (χ0n) is 15.5. The van der Waals surface area contributed by atoms with Gasteiger partial charge in [0.2, 0.25) is 0 Å². The van der Waals surface area contributed by atoms with Crippen LogP contribution in [-0.2, 0) is 6.54 Å². The zero-order chi connectivity index (χ0) is 19.2. The molecule has 0 bridgehead atoms. The second-order valence-electron chi connectivity index (χ2n) is 6.40. The average Bonchev–Trinajstić information content (AvgIpc) is 3.13. The highest BCUT2D eigenvalue weighted by Gasteiger charge is 2.19. The molecular formula is C21H23N3O2S. The van der Waals surface area contributed by atoms with Crippen LogP contribution in [0.15, 0.2) is 53.9 Å². The fourth-order valence-electron chi connectivity index (χ4n) is 2.71. The van der Waals surface area contributed by atoms with Gasteiger partial charge in [-0.3, -0.25) is 4.79 Å². The third-order valence-electron chi connectivity index (χ3n) is 4.35. The highest BCUT2D eigenvalue weighted by atomic mass is 32.1. The van der Waals surface area contributed by atoms with E-state index in [1.54, 1.807) is 10.3 Å². The normalized spacial score (nSPS) is 10.6. The lowest BCUT2D eigenvalue weighted by molar-refractivity contribution is 0.0703. The quantitative estimate of drug-likeness (QED) is 0.646. The molecule has 3 rings (SSSR count). The third-order valence-corrected chi connectivity index (χ3v) is 5.11.